The van der Waals surface area contributed by atoms with Gasteiger partial charge in [-0.05, 0) is 43.7 Å². The molecule has 1 aromatic rings. The van der Waals surface area contributed by atoms with Gasteiger partial charge in [0.15, 0.2) is 0 Å². The van der Waals surface area contributed by atoms with Crippen molar-refractivity contribution >= 4 is 0 Å². The Labute approximate surface area is 79.4 Å². The SMILES string of the molecule is C=CC(=CC)Oc1cccc(C)c1. The van der Waals surface area contributed by atoms with Crippen molar-refractivity contribution in [1.82, 2.24) is 0 Å². The van der Waals surface area contributed by atoms with E-state index >= 15 is 0 Å². The summed E-state index contributed by atoms with van der Waals surface area (Å²) in [6.45, 7) is 7.62. The van der Waals surface area contributed by atoms with Crippen LogP contribution in [0.25, 0.3) is 0 Å². The first-order chi connectivity index (χ1) is 6.26. The van der Waals surface area contributed by atoms with Crippen LogP contribution in [0, 0.1) is 6.92 Å². The third-order valence-corrected chi connectivity index (χ3v) is 1.71. The molecule has 0 fully saturated rings. The lowest BCUT2D eigenvalue weighted by Gasteiger charge is -2.05. The van der Waals surface area contributed by atoms with Crippen LogP contribution in [0.3, 0.4) is 0 Å². The number of allylic oxidation sites excluding steroid dienone is 2. The molecular formula is C12H14O. The van der Waals surface area contributed by atoms with Crippen LogP contribution < -0.4 is 4.74 Å². The molecule has 0 aliphatic heterocycles. The molecule has 0 bridgehead atoms. The Kier molecular flexibility index (Phi) is 3.32. The van der Waals surface area contributed by atoms with E-state index in [1.54, 1.807) is 6.08 Å². The largest absolute Gasteiger partial charge is 0.458 e. The molecule has 0 saturated heterocycles. The van der Waals surface area contributed by atoms with Gasteiger partial charge >= 0.3 is 0 Å². The van der Waals surface area contributed by atoms with Gasteiger partial charge in [0.05, 0.1) is 0 Å². The smallest absolute Gasteiger partial charge is 0.127 e. The first-order valence-electron chi connectivity index (χ1n) is 4.29. The molecule has 0 saturated carbocycles. The summed E-state index contributed by atoms with van der Waals surface area (Å²) in [6, 6.07) is 7.93. The summed E-state index contributed by atoms with van der Waals surface area (Å²) in [6.07, 6.45) is 3.58. The Hall–Kier alpha value is -1.50. The average Bonchev–Trinajstić information content (AvgIpc) is 2.14. The van der Waals surface area contributed by atoms with Gasteiger partial charge in [-0.1, -0.05) is 18.7 Å². The first-order valence-corrected chi connectivity index (χ1v) is 4.29. The van der Waals surface area contributed by atoms with Gasteiger partial charge < -0.3 is 4.74 Å². The van der Waals surface area contributed by atoms with Crippen molar-refractivity contribution in [2.75, 3.05) is 0 Å². The molecule has 13 heavy (non-hydrogen) atoms. The van der Waals surface area contributed by atoms with E-state index in [9.17, 15) is 0 Å². The Morgan fingerprint density at radius 2 is 2.23 bits per heavy atom. The highest BCUT2D eigenvalue weighted by atomic mass is 16.5. The standard InChI is InChI=1S/C12H14O/c1-4-11(5-2)13-12-8-6-7-10(3)9-12/h4-9H,1H2,2-3H3. The van der Waals surface area contributed by atoms with Gasteiger partial charge in [-0.2, -0.15) is 0 Å². The molecule has 0 atom stereocenters. The Morgan fingerprint density at radius 1 is 1.46 bits per heavy atom. The third-order valence-electron chi connectivity index (χ3n) is 1.71. The summed E-state index contributed by atoms with van der Waals surface area (Å²) < 4.78 is 5.54. The van der Waals surface area contributed by atoms with Crippen molar-refractivity contribution in [2.24, 2.45) is 0 Å². The lowest BCUT2D eigenvalue weighted by molar-refractivity contribution is 0.443. The predicted octanol–water partition coefficient (Wildman–Crippen LogP) is 3.46. The fourth-order valence-electron chi connectivity index (χ4n) is 1.03. The maximum Gasteiger partial charge on any atom is 0.127 e. The number of ether oxygens (including phenoxy) is 1. The van der Waals surface area contributed by atoms with Crippen LogP contribution in [-0.2, 0) is 0 Å². The highest BCUT2D eigenvalue weighted by Crippen LogP contribution is 2.15. The Balaban J connectivity index is 2.79. The van der Waals surface area contributed by atoms with E-state index in [-0.39, 0.29) is 0 Å². The second kappa shape index (κ2) is 4.51. The van der Waals surface area contributed by atoms with Crippen LogP contribution in [0.5, 0.6) is 5.75 Å². The number of aryl methyl sites for hydroxylation is 1. The fourth-order valence-corrected chi connectivity index (χ4v) is 1.03. The predicted molar refractivity (Wildman–Crippen MR) is 55.8 cm³/mol. The van der Waals surface area contributed by atoms with Crippen LogP contribution in [0.1, 0.15) is 12.5 Å². The first kappa shape index (κ1) is 9.59. The summed E-state index contributed by atoms with van der Waals surface area (Å²) in [5, 5.41) is 0. The number of hydrogen-bond acceptors (Lipinski definition) is 1. The van der Waals surface area contributed by atoms with Gasteiger partial charge in [0, 0.05) is 0 Å². The third kappa shape index (κ3) is 2.79. The highest BCUT2D eigenvalue weighted by Gasteiger charge is 1.94. The minimum Gasteiger partial charge on any atom is -0.458 e. The molecule has 0 N–H and O–H groups in total. The molecule has 0 aromatic heterocycles. The molecule has 0 heterocycles. The summed E-state index contributed by atoms with van der Waals surface area (Å²) in [7, 11) is 0. The summed E-state index contributed by atoms with van der Waals surface area (Å²) in [5.74, 6) is 1.64. The van der Waals surface area contributed by atoms with Crippen LogP contribution in [0.15, 0.2) is 48.8 Å². The topological polar surface area (TPSA) is 9.23 Å². The van der Waals surface area contributed by atoms with Crippen molar-refractivity contribution in [3.05, 3.63) is 54.3 Å². The Bertz CT molecular complexity index is 324. The van der Waals surface area contributed by atoms with Crippen molar-refractivity contribution in [3.8, 4) is 5.75 Å². The molecule has 68 valence electrons. The quantitative estimate of drug-likeness (QED) is 0.503. The molecule has 0 amide bonds. The fraction of sp³-hybridized carbons (Fsp3) is 0.167. The van der Waals surface area contributed by atoms with E-state index in [4.69, 9.17) is 4.74 Å². The van der Waals surface area contributed by atoms with Gasteiger partial charge in [-0.3, -0.25) is 0 Å². The van der Waals surface area contributed by atoms with E-state index in [0.29, 0.717) is 0 Å². The molecule has 0 aliphatic carbocycles. The van der Waals surface area contributed by atoms with Gasteiger partial charge in [0.2, 0.25) is 0 Å². The van der Waals surface area contributed by atoms with E-state index < -0.39 is 0 Å². The summed E-state index contributed by atoms with van der Waals surface area (Å²) in [5.41, 5.74) is 1.19. The maximum absolute atomic E-state index is 5.54. The number of benzene rings is 1. The van der Waals surface area contributed by atoms with E-state index in [2.05, 4.69) is 6.58 Å². The average molecular weight is 174 g/mol. The van der Waals surface area contributed by atoms with Gasteiger partial charge in [0.1, 0.15) is 11.5 Å². The van der Waals surface area contributed by atoms with Crippen LogP contribution >= 0.6 is 0 Å². The van der Waals surface area contributed by atoms with Gasteiger partial charge in [0.25, 0.3) is 0 Å². The Morgan fingerprint density at radius 3 is 2.77 bits per heavy atom. The zero-order chi connectivity index (χ0) is 9.68. The molecule has 0 spiro atoms. The second-order valence-corrected chi connectivity index (χ2v) is 2.81. The van der Waals surface area contributed by atoms with Gasteiger partial charge in [-0.15, -0.1) is 0 Å². The van der Waals surface area contributed by atoms with E-state index in [1.807, 2.05) is 44.2 Å². The van der Waals surface area contributed by atoms with Crippen LogP contribution in [0.2, 0.25) is 0 Å². The zero-order valence-corrected chi connectivity index (χ0v) is 8.08. The molecule has 0 aliphatic rings. The molecular weight excluding hydrogens is 160 g/mol. The van der Waals surface area contributed by atoms with Crippen molar-refractivity contribution < 1.29 is 4.74 Å². The lowest BCUT2D eigenvalue weighted by atomic mass is 10.2. The van der Waals surface area contributed by atoms with Crippen LogP contribution in [-0.4, -0.2) is 0 Å². The highest BCUT2D eigenvalue weighted by molar-refractivity contribution is 5.30. The van der Waals surface area contributed by atoms with E-state index in [0.717, 1.165) is 11.5 Å². The lowest BCUT2D eigenvalue weighted by Crippen LogP contribution is -1.91. The number of rotatable bonds is 3. The monoisotopic (exact) mass is 174 g/mol. The van der Waals surface area contributed by atoms with Crippen molar-refractivity contribution in [1.29, 1.82) is 0 Å². The minimum absolute atomic E-state index is 0.783. The van der Waals surface area contributed by atoms with E-state index in [1.165, 1.54) is 5.56 Å². The number of hydrogen-bond donors (Lipinski definition) is 0. The molecule has 1 nitrogen and oxygen atoms in total. The summed E-state index contributed by atoms with van der Waals surface area (Å²) in [4.78, 5) is 0. The molecule has 1 aromatic carbocycles. The minimum atomic E-state index is 0.783. The summed E-state index contributed by atoms with van der Waals surface area (Å²) >= 11 is 0. The molecule has 1 heteroatoms. The molecule has 0 radical (unpaired) electrons. The second-order valence-electron chi connectivity index (χ2n) is 2.81. The van der Waals surface area contributed by atoms with Gasteiger partial charge in [-0.25, -0.2) is 0 Å². The maximum atomic E-state index is 5.54. The molecule has 1 rings (SSSR count). The van der Waals surface area contributed by atoms with Crippen molar-refractivity contribution in [2.45, 2.75) is 13.8 Å². The van der Waals surface area contributed by atoms with Crippen molar-refractivity contribution in [3.63, 3.8) is 0 Å². The van der Waals surface area contributed by atoms with Crippen LogP contribution in [0.4, 0.5) is 0 Å². The molecule has 0 unspecified atom stereocenters. The zero-order valence-electron chi connectivity index (χ0n) is 8.08. The normalized spacial score (nSPS) is 11.1.